The predicted octanol–water partition coefficient (Wildman–Crippen LogP) is -0.670. The van der Waals surface area contributed by atoms with E-state index in [-0.39, 0.29) is 18.0 Å². The number of para-hydroxylation sites is 2. The van der Waals surface area contributed by atoms with E-state index >= 15 is 0 Å². The molecule has 1 saturated heterocycles. The van der Waals surface area contributed by atoms with Crippen LogP contribution >= 0.6 is 0 Å². The van der Waals surface area contributed by atoms with Crippen LogP contribution in [0.3, 0.4) is 0 Å². The van der Waals surface area contributed by atoms with E-state index < -0.39 is 11.4 Å². The van der Waals surface area contributed by atoms with Crippen LogP contribution in [0.25, 0.3) is 11.1 Å². The minimum Gasteiger partial charge on any atom is -0.408 e. The highest BCUT2D eigenvalue weighted by Crippen LogP contribution is 2.14. The number of rotatable bonds is 3. The SMILES string of the molecule is Cn1c(=O)cc(N2CCN(C(=O)Cn3c(=O)oc4ccccc43)CC2)[nH]c1=O. The highest BCUT2D eigenvalue weighted by molar-refractivity contribution is 5.79. The van der Waals surface area contributed by atoms with Crippen LogP contribution in [0.15, 0.2) is 49.1 Å². The Morgan fingerprint density at radius 3 is 2.54 bits per heavy atom. The summed E-state index contributed by atoms with van der Waals surface area (Å²) < 4.78 is 7.48. The average Bonchev–Trinajstić information content (AvgIpc) is 3.01. The normalized spacial score (nSPS) is 14.6. The van der Waals surface area contributed by atoms with Gasteiger partial charge < -0.3 is 14.2 Å². The van der Waals surface area contributed by atoms with E-state index in [9.17, 15) is 19.2 Å². The van der Waals surface area contributed by atoms with Gasteiger partial charge in [0.15, 0.2) is 5.58 Å². The van der Waals surface area contributed by atoms with E-state index in [1.54, 1.807) is 29.2 Å². The zero-order chi connectivity index (χ0) is 19.8. The summed E-state index contributed by atoms with van der Waals surface area (Å²) in [5.74, 6) is -0.311. The van der Waals surface area contributed by atoms with Crippen LogP contribution in [-0.4, -0.2) is 51.1 Å². The van der Waals surface area contributed by atoms with Crippen molar-refractivity contribution in [3.8, 4) is 0 Å². The summed E-state index contributed by atoms with van der Waals surface area (Å²) in [6, 6.07) is 8.33. The van der Waals surface area contributed by atoms with Gasteiger partial charge in [0.1, 0.15) is 12.4 Å². The number of hydrogen-bond acceptors (Lipinski definition) is 6. The molecule has 3 heterocycles. The van der Waals surface area contributed by atoms with Crippen molar-refractivity contribution in [3.63, 3.8) is 0 Å². The third-order valence-electron chi connectivity index (χ3n) is 4.97. The molecule has 1 aliphatic heterocycles. The molecule has 10 nitrogen and oxygen atoms in total. The van der Waals surface area contributed by atoms with Crippen LogP contribution in [0, 0.1) is 0 Å². The van der Waals surface area contributed by atoms with Gasteiger partial charge in [-0.05, 0) is 12.1 Å². The van der Waals surface area contributed by atoms with Crippen LogP contribution in [0.5, 0.6) is 0 Å². The van der Waals surface area contributed by atoms with E-state index in [1.165, 1.54) is 17.7 Å². The summed E-state index contributed by atoms with van der Waals surface area (Å²) in [4.78, 5) is 54.4. The van der Waals surface area contributed by atoms with Crippen molar-refractivity contribution < 1.29 is 9.21 Å². The Morgan fingerprint density at radius 1 is 1.11 bits per heavy atom. The number of aromatic nitrogens is 3. The largest absolute Gasteiger partial charge is 0.420 e. The summed E-state index contributed by atoms with van der Waals surface area (Å²) in [6.07, 6.45) is 0. The van der Waals surface area contributed by atoms with Crippen molar-refractivity contribution in [1.29, 1.82) is 0 Å². The highest BCUT2D eigenvalue weighted by Gasteiger charge is 2.23. The first kappa shape index (κ1) is 17.8. The molecule has 28 heavy (non-hydrogen) atoms. The molecule has 10 heteroatoms. The van der Waals surface area contributed by atoms with E-state index in [0.717, 1.165) is 4.57 Å². The Bertz CT molecular complexity index is 1180. The number of nitrogens with one attached hydrogen (secondary N) is 1. The number of amides is 1. The number of carbonyl (C=O) groups excluding carboxylic acids is 1. The molecular formula is C18H19N5O5. The molecule has 1 N–H and O–H groups in total. The Labute approximate surface area is 158 Å². The lowest BCUT2D eigenvalue weighted by molar-refractivity contribution is -0.132. The summed E-state index contributed by atoms with van der Waals surface area (Å²) in [6.45, 7) is 1.67. The second kappa shape index (κ2) is 6.87. The first-order valence-electron chi connectivity index (χ1n) is 8.85. The zero-order valence-electron chi connectivity index (χ0n) is 15.3. The van der Waals surface area contributed by atoms with Crippen LogP contribution in [0.1, 0.15) is 0 Å². The van der Waals surface area contributed by atoms with Crippen LogP contribution in [-0.2, 0) is 18.4 Å². The monoisotopic (exact) mass is 385 g/mol. The third-order valence-corrected chi connectivity index (χ3v) is 4.97. The molecule has 146 valence electrons. The third kappa shape index (κ3) is 3.13. The predicted molar refractivity (Wildman–Crippen MR) is 102 cm³/mol. The van der Waals surface area contributed by atoms with Gasteiger partial charge in [-0.25, -0.2) is 9.59 Å². The number of benzene rings is 1. The number of anilines is 1. The molecule has 0 spiro atoms. The Balaban J connectivity index is 1.46. The fourth-order valence-electron chi connectivity index (χ4n) is 3.31. The second-order valence-electron chi connectivity index (χ2n) is 6.65. The van der Waals surface area contributed by atoms with Gasteiger partial charge in [0.25, 0.3) is 5.56 Å². The molecule has 1 amide bonds. The summed E-state index contributed by atoms with van der Waals surface area (Å²) in [5.41, 5.74) is 0.160. The van der Waals surface area contributed by atoms with Crippen LogP contribution < -0.4 is 21.9 Å². The quantitative estimate of drug-likeness (QED) is 0.640. The molecule has 0 aliphatic carbocycles. The van der Waals surface area contributed by atoms with Gasteiger partial charge in [0.2, 0.25) is 5.91 Å². The molecule has 1 aromatic carbocycles. The number of H-pyrrole nitrogens is 1. The van der Waals surface area contributed by atoms with E-state index in [2.05, 4.69) is 4.98 Å². The molecular weight excluding hydrogens is 366 g/mol. The molecule has 0 bridgehead atoms. The maximum Gasteiger partial charge on any atom is 0.420 e. The smallest absolute Gasteiger partial charge is 0.408 e. The topological polar surface area (TPSA) is 114 Å². The molecule has 2 aromatic heterocycles. The highest BCUT2D eigenvalue weighted by atomic mass is 16.4. The summed E-state index contributed by atoms with van der Waals surface area (Å²) >= 11 is 0. The summed E-state index contributed by atoms with van der Waals surface area (Å²) in [7, 11) is 1.41. The van der Waals surface area contributed by atoms with Crippen molar-refractivity contribution in [2.45, 2.75) is 6.54 Å². The van der Waals surface area contributed by atoms with Gasteiger partial charge in [-0.3, -0.25) is 23.7 Å². The second-order valence-corrected chi connectivity index (χ2v) is 6.65. The molecule has 0 unspecified atom stereocenters. The molecule has 0 atom stereocenters. The lowest BCUT2D eigenvalue weighted by Crippen LogP contribution is -2.51. The number of oxazole rings is 1. The van der Waals surface area contributed by atoms with Crippen molar-refractivity contribution in [2.75, 3.05) is 31.1 Å². The Hall–Kier alpha value is -3.56. The van der Waals surface area contributed by atoms with Gasteiger partial charge >= 0.3 is 11.4 Å². The number of nitrogens with zero attached hydrogens (tertiary/aromatic N) is 4. The first-order valence-corrected chi connectivity index (χ1v) is 8.85. The number of piperazine rings is 1. The molecule has 1 fully saturated rings. The average molecular weight is 385 g/mol. The van der Waals surface area contributed by atoms with Gasteiger partial charge in [-0.15, -0.1) is 0 Å². The molecule has 3 aromatic rings. The lowest BCUT2D eigenvalue weighted by Gasteiger charge is -2.35. The molecule has 4 rings (SSSR count). The minimum absolute atomic E-state index is 0.0987. The standard InChI is InChI=1S/C18H19N5O5/c1-20-15(24)10-14(19-17(20)26)21-6-8-22(9-7-21)16(25)11-23-12-4-2-3-5-13(12)28-18(23)27/h2-5,10H,6-9,11H2,1H3,(H,19,26). The van der Waals surface area contributed by atoms with Crippen LogP contribution in [0.4, 0.5) is 5.82 Å². The van der Waals surface area contributed by atoms with Crippen LogP contribution in [0.2, 0.25) is 0 Å². The number of carbonyl (C=O) groups is 1. The molecule has 0 saturated carbocycles. The number of aromatic amines is 1. The van der Waals surface area contributed by atoms with Crippen molar-refractivity contribution >= 4 is 22.8 Å². The number of fused-ring (bicyclic) bond motifs is 1. The number of hydrogen-bond donors (Lipinski definition) is 1. The van der Waals surface area contributed by atoms with Gasteiger partial charge in [-0.2, -0.15) is 0 Å². The fraction of sp³-hybridized carbons (Fsp3) is 0.333. The van der Waals surface area contributed by atoms with E-state index in [0.29, 0.717) is 43.1 Å². The van der Waals surface area contributed by atoms with Gasteiger partial charge in [-0.1, -0.05) is 12.1 Å². The van der Waals surface area contributed by atoms with Gasteiger partial charge in [0.05, 0.1) is 5.52 Å². The lowest BCUT2D eigenvalue weighted by atomic mass is 10.3. The first-order chi connectivity index (χ1) is 13.4. The Kier molecular flexibility index (Phi) is 4.38. The maximum absolute atomic E-state index is 12.7. The maximum atomic E-state index is 12.7. The van der Waals surface area contributed by atoms with Crippen molar-refractivity contribution in [2.24, 2.45) is 7.05 Å². The summed E-state index contributed by atoms with van der Waals surface area (Å²) in [5, 5.41) is 0. The Morgan fingerprint density at radius 2 is 1.82 bits per heavy atom. The van der Waals surface area contributed by atoms with Gasteiger partial charge in [0, 0.05) is 39.3 Å². The molecule has 0 radical (unpaired) electrons. The van der Waals surface area contributed by atoms with Crippen molar-refractivity contribution in [3.05, 3.63) is 61.7 Å². The minimum atomic E-state index is -0.564. The van der Waals surface area contributed by atoms with E-state index in [4.69, 9.17) is 4.42 Å². The van der Waals surface area contributed by atoms with E-state index in [1.807, 2.05) is 4.90 Å². The zero-order valence-corrected chi connectivity index (χ0v) is 15.3. The fourth-order valence-corrected chi connectivity index (χ4v) is 3.31. The molecule has 1 aliphatic rings. The van der Waals surface area contributed by atoms with Crippen molar-refractivity contribution in [1.82, 2.24) is 19.0 Å².